The number of hydrogen-bond donors (Lipinski definition) is 2. The van der Waals surface area contributed by atoms with Crippen LogP contribution < -0.4 is 10.0 Å². The molecule has 0 saturated carbocycles. The standard InChI is InChI=1S/C23H23F3N4O2S2/c24-19-3-1-2-14(11-30-16-4-5-17(30)7-6-16)18(19)10-27-15-8-20(25)23(21(26)9-15)34(31,32)29-22-12-33-13-28-22/h1-3,8-9,12-13,16-17,27,29H,4-7,10-11H2. The second-order valence-electron chi connectivity index (χ2n) is 8.61. The van der Waals surface area contributed by atoms with Crippen LogP contribution >= 0.6 is 11.3 Å². The molecule has 6 nitrogen and oxygen atoms in total. The Balaban J connectivity index is 1.34. The van der Waals surface area contributed by atoms with E-state index in [2.05, 4.69) is 19.9 Å². The predicted molar refractivity (Wildman–Crippen MR) is 125 cm³/mol. The van der Waals surface area contributed by atoms with Gasteiger partial charge in [-0.1, -0.05) is 12.1 Å². The van der Waals surface area contributed by atoms with Crippen molar-refractivity contribution in [3.63, 3.8) is 0 Å². The molecule has 34 heavy (non-hydrogen) atoms. The Kier molecular flexibility index (Phi) is 6.26. The van der Waals surface area contributed by atoms with Crippen molar-refractivity contribution in [3.8, 4) is 0 Å². The number of sulfonamides is 1. The van der Waals surface area contributed by atoms with Gasteiger partial charge in [-0.3, -0.25) is 9.62 Å². The van der Waals surface area contributed by atoms with E-state index in [1.54, 1.807) is 6.07 Å². The van der Waals surface area contributed by atoms with Crippen molar-refractivity contribution in [2.24, 2.45) is 0 Å². The zero-order chi connectivity index (χ0) is 23.9. The van der Waals surface area contributed by atoms with E-state index in [0.717, 1.165) is 29.0 Å². The molecule has 5 rings (SSSR count). The molecule has 2 bridgehead atoms. The van der Waals surface area contributed by atoms with Crippen LogP contribution in [0.3, 0.4) is 0 Å². The Morgan fingerprint density at radius 1 is 1.03 bits per heavy atom. The summed E-state index contributed by atoms with van der Waals surface area (Å²) < 4.78 is 71.0. The zero-order valence-electron chi connectivity index (χ0n) is 18.1. The van der Waals surface area contributed by atoms with Crippen molar-refractivity contribution < 1.29 is 21.6 Å². The SMILES string of the molecule is O=S(=O)(Nc1cscn1)c1c(F)cc(NCc2c(F)cccc2CN2C3CCC2CC3)cc1F. The molecule has 1 aromatic heterocycles. The Morgan fingerprint density at radius 3 is 2.32 bits per heavy atom. The molecule has 0 unspecified atom stereocenters. The van der Waals surface area contributed by atoms with Gasteiger partial charge in [-0.25, -0.2) is 26.6 Å². The summed E-state index contributed by atoms with van der Waals surface area (Å²) in [5.74, 6) is -2.94. The fourth-order valence-corrected chi connectivity index (χ4v) is 6.66. The normalized spacial score (nSPS) is 20.1. The van der Waals surface area contributed by atoms with E-state index in [1.807, 2.05) is 6.07 Å². The second kappa shape index (κ2) is 9.20. The van der Waals surface area contributed by atoms with Crippen molar-refractivity contribution in [1.82, 2.24) is 9.88 Å². The second-order valence-corrected chi connectivity index (χ2v) is 11.0. The zero-order valence-corrected chi connectivity index (χ0v) is 19.7. The fourth-order valence-electron chi connectivity index (χ4n) is 4.98. The van der Waals surface area contributed by atoms with Crippen LogP contribution in [0.2, 0.25) is 0 Å². The van der Waals surface area contributed by atoms with Gasteiger partial charge in [0.1, 0.15) is 17.5 Å². The first-order valence-corrected chi connectivity index (χ1v) is 13.4. The lowest BCUT2D eigenvalue weighted by Crippen LogP contribution is -2.28. The topological polar surface area (TPSA) is 74.3 Å². The molecule has 3 aromatic rings. The molecule has 2 aliphatic rings. The Hall–Kier alpha value is -2.63. The number of hydrogen-bond acceptors (Lipinski definition) is 6. The smallest absolute Gasteiger partial charge is 0.268 e. The molecule has 11 heteroatoms. The van der Waals surface area contributed by atoms with Crippen LogP contribution in [0.1, 0.15) is 36.8 Å². The van der Waals surface area contributed by atoms with E-state index in [4.69, 9.17) is 0 Å². The van der Waals surface area contributed by atoms with Crippen molar-refractivity contribution >= 4 is 32.9 Å². The Bertz CT molecular complexity index is 1260. The van der Waals surface area contributed by atoms with Crippen molar-refractivity contribution in [3.05, 3.63) is 69.8 Å². The van der Waals surface area contributed by atoms with Gasteiger partial charge < -0.3 is 5.32 Å². The average molecular weight is 509 g/mol. The molecule has 2 N–H and O–H groups in total. The van der Waals surface area contributed by atoms with E-state index in [9.17, 15) is 21.6 Å². The summed E-state index contributed by atoms with van der Waals surface area (Å²) in [4.78, 5) is 5.09. The maximum absolute atomic E-state index is 14.7. The number of fused-ring (bicyclic) bond motifs is 2. The number of aromatic nitrogens is 1. The van der Waals surface area contributed by atoms with Crippen molar-refractivity contribution in [1.29, 1.82) is 0 Å². The van der Waals surface area contributed by atoms with Gasteiger partial charge in [-0.15, -0.1) is 11.3 Å². The van der Waals surface area contributed by atoms with Gasteiger partial charge in [0.2, 0.25) is 0 Å². The molecule has 2 aromatic carbocycles. The number of benzene rings is 2. The number of rotatable bonds is 8. The highest BCUT2D eigenvalue weighted by molar-refractivity contribution is 7.92. The van der Waals surface area contributed by atoms with E-state index in [1.165, 1.54) is 42.6 Å². The molecule has 0 aliphatic carbocycles. The lowest BCUT2D eigenvalue weighted by Gasteiger charge is -2.23. The minimum absolute atomic E-state index is 0.00717. The largest absolute Gasteiger partial charge is 0.381 e. The third-order valence-electron chi connectivity index (χ3n) is 6.58. The van der Waals surface area contributed by atoms with E-state index < -0.39 is 32.4 Å². The highest BCUT2D eigenvalue weighted by atomic mass is 32.2. The number of halogens is 3. The number of anilines is 2. The third kappa shape index (κ3) is 4.51. The monoisotopic (exact) mass is 508 g/mol. The molecule has 0 radical (unpaired) electrons. The summed E-state index contributed by atoms with van der Waals surface area (Å²) in [5, 5.41) is 4.25. The van der Waals surface area contributed by atoms with E-state index in [0.29, 0.717) is 24.2 Å². The predicted octanol–water partition coefficient (Wildman–Crippen LogP) is 5.10. The maximum Gasteiger partial charge on any atom is 0.268 e. The minimum atomic E-state index is -4.51. The third-order valence-corrected chi connectivity index (χ3v) is 8.57. The van der Waals surface area contributed by atoms with E-state index in [-0.39, 0.29) is 18.1 Å². The Morgan fingerprint density at radius 2 is 1.71 bits per heavy atom. The summed E-state index contributed by atoms with van der Waals surface area (Å²) in [5.41, 5.74) is 2.66. The van der Waals surface area contributed by atoms with Crippen LogP contribution in [0.4, 0.5) is 24.7 Å². The van der Waals surface area contributed by atoms with Crippen LogP contribution in [0.15, 0.2) is 46.1 Å². The highest BCUT2D eigenvalue weighted by Gasteiger charge is 2.39. The molecule has 2 saturated heterocycles. The fraction of sp³-hybridized carbons (Fsp3) is 0.348. The molecule has 0 spiro atoms. The van der Waals surface area contributed by atoms with Gasteiger partial charge in [0.25, 0.3) is 10.0 Å². The first kappa shape index (κ1) is 23.1. The minimum Gasteiger partial charge on any atom is -0.381 e. The molecule has 0 atom stereocenters. The summed E-state index contributed by atoms with van der Waals surface area (Å²) >= 11 is 1.14. The van der Waals surface area contributed by atoms with Crippen LogP contribution in [0.25, 0.3) is 0 Å². The van der Waals surface area contributed by atoms with Crippen LogP contribution in [0, 0.1) is 17.5 Å². The molecule has 3 heterocycles. The van der Waals surface area contributed by atoms with Gasteiger partial charge >= 0.3 is 0 Å². The molecular weight excluding hydrogens is 485 g/mol. The molecule has 180 valence electrons. The van der Waals surface area contributed by atoms with Gasteiger partial charge in [0.15, 0.2) is 10.7 Å². The Labute approximate surface area is 199 Å². The average Bonchev–Trinajstić information content (AvgIpc) is 3.51. The quantitative estimate of drug-likeness (QED) is 0.443. The van der Waals surface area contributed by atoms with Gasteiger partial charge in [-0.2, -0.15) is 0 Å². The lowest BCUT2D eigenvalue weighted by molar-refractivity contribution is 0.243. The summed E-state index contributed by atoms with van der Waals surface area (Å²) in [7, 11) is -4.51. The molecule has 2 fully saturated rings. The summed E-state index contributed by atoms with van der Waals surface area (Å²) in [6.07, 6.45) is 4.66. The highest BCUT2D eigenvalue weighted by Crippen LogP contribution is 2.39. The number of thiazole rings is 1. The van der Waals surface area contributed by atoms with Gasteiger partial charge in [0, 0.05) is 41.8 Å². The van der Waals surface area contributed by atoms with Gasteiger partial charge in [0.05, 0.1) is 5.51 Å². The van der Waals surface area contributed by atoms with Crippen LogP contribution in [-0.2, 0) is 23.1 Å². The first-order valence-electron chi connectivity index (χ1n) is 11.0. The van der Waals surface area contributed by atoms with Crippen LogP contribution in [0.5, 0.6) is 0 Å². The maximum atomic E-state index is 14.7. The van der Waals surface area contributed by atoms with Crippen LogP contribution in [-0.4, -0.2) is 30.4 Å². The summed E-state index contributed by atoms with van der Waals surface area (Å²) in [6, 6.07) is 7.74. The van der Waals surface area contributed by atoms with Crippen molar-refractivity contribution in [2.45, 2.75) is 55.8 Å². The van der Waals surface area contributed by atoms with Crippen molar-refractivity contribution in [2.75, 3.05) is 10.0 Å². The first-order chi connectivity index (χ1) is 16.3. The number of nitrogens with zero attached hydrogens (tertiary/aromatic N) is 2. The molecule has 0 amide bonds. The van der Waals surface area contributed by atoms with Gasteiger partial charge in [-0.05, 0) is 49.4 Å². The summed E-state index contributed by atoms with van der Waals surface area (Å²) in [6.45, 7) is 0.638. The van der Waals surface area contributed by atoms with E-state index >= 15 is 0 Å². The molecule has 2 aliphatic heterocycles. The lowest BCUT2D eigenvalue weighted by atomic mass is 10.0. The molecular formula is C23H23F3N4O2S2. The number of nitrogens with one attached hydrogen (secondary N) is 2.